The molecule has 0 heterocycles. The van der Waals surface area contributed by atoms with Crippen LogP contribution < -0.4 is 5.32 Å². The zero-order chi connectivity index (χ0) is 16.2. The SMILES string of the molecule is CCN[C@H]1CC[C@H]2[C@@H]3CC[C@H]4C[C@@H](O)CC[C@]4(C)[C@H]3CC[C@]12C. The lowest BCUT2D eigenvalue weighted by Crippen LogP contribution is -2.55. The summed E-state index contributed by atoms with van der Waals surface area (Å²) in [6, 6.07) is 0.761. The Morgan fingerprint density at radius 1 is 0.913 bits per heavy atom. The summed E-state index contributed by atoms with van der Waals surface area (Å²) < 4.78 is 0. The van der Waals surface area contributed by atoms with Gasteiger partial charge in [0.2, 0.25) is 0 Å². The zero-order valence-electron chi connectivity index (χ0n) is 15.5. The highest BCUT2D eigenvalue weighted by molar-refractivity contribution is 5.10. The lowest BCUT2D eigenvalue weighted by molar-refractivity contribution is -0.123. The molecule has 0 spiro atoms. The van der Waals surface area contributed by atoms with Gasteiger partial charge in [0.25, 0.3) is 0 Å². The van der Waals surface area contributed by atoms with E-state index in [1.807, 2.05) is 0 Å². The van der Waals surface area contributed by atoms with Crippen LogP contribution in [0, 0.1) is 34.5 Å². The average molecular weight is 320 g/mol. The van der Waals surface area contributed by atoms with E-state index in [0.717, 1.165) is 49.1 Å². The molecule has 4 rings (SSSR count). The van der Waals surface area contributed by atoms with Gasteiger partial charge in [0, 0.05) is 6.04 Å². The molecule has 0 aromatic rings. The minimum absolute atomic E-state index is 0.0110. The first kappa shape index (κ1) is 16.4. The largest absolute Gasteiger partial charge is 0.393 e. The van der Waals surface area contributed by atoms with Gasteiger partial charge in [0.05, 0.1) is 6.10 Å². The normalized spacial score (nSPS) is 55.8. The highest BCUT2D eigenvalue weighted by Gasteiger charge is 2.59. The standard InChI is InChI=1S/C21H37NO/c1-4-22-19-8-7-17-16-6-5-14-13-15(23)9-11-20(14,2)18(16)10-12-21(17,19)3/h14-19,22-23H,4-13H2,1-3H3/t14-,15-,16-,17-,18-,19-,20-,21-/m0/s1. The maximum atomic E-state index is 10.1. The zero-order valence-corrected chi connectivity index (χ0v) is 15.5. The molecule has 2 N–H and O–H groups in total. The van der Waals surface area contributed by atoms with Crippen molar-refractivity contribution in [1.82, 2.24) is 5.32 Å². The summed E-state index contributed by atoms with van der Waals surface area (Å²) in [6.45, 7) is 8.59. The fourth-order valence-electron chi connectivity index (χ4n) is 7.82. The smallest absolute Gasteiger partial charge is 0.0543 e. The van der Waals surface area contributed by atoms with E-state index in [9.17, 15) is 5.11 Å². The fraction of sp³-hybridized carbons (Fsp3) is 1.00. The second-order valence-corrected chi connectivity index (χ2v) is 9.82. The molecule has 0 bridgehead atoms. The van der Waals surface area contributed by atoms with Gasteiger partial charge >= 0.3 is 0 Å². The summed E-state index contributed by atoms with van der Waals surface area (Å²) in [5.74, 6) is 3.65. The quantitative estimate of drug-likeness (QED) is 0.792. The van der Waals surface area contributed by atoms with Gasteiger partial charge in [-0.25, -0.2) is 0 Å². The monoisotopic (exact) mass is 319 g/mol. The molecule has 4 saturated carbocycles. The van der Waals surface area contributed by atoms with Crippen LogP contribution in [-0.2, 0) is 0 Å². The van der Waals surface area contributed by atoms with E-state index in [4.69, 9.17) is 0 Å². The van der Waals surface area contributed by atoms with Gasteiger partial charge in [-0.15, -0.1) is 0 Å². The van der Waals surface area contributed by atoms with Gasteiger partial charge in [0.15, 0.2) is 0 Å². The maximum Gasteiger partial charge on any atom is 0.0543 e. The van der Waals surface area contributed by atoms with Crippen molar-refractivity contribution in [3.05, 3.63) is 0 Å². The third-order valence-corrected chi connectivity index (χ3v) is 9.09. The summed E-state index contributed by atoms with van der Waals surface area (Å²) in [7, 11) is 0. The van der Waals surface area contributed by atoms with Gasteiger partial charge < -0.3 is 10.4 Å². The third kappa shape index (κ3) is 2.34. The summed E-state index contributed by atoms with van der Waals surface area (Å²) >= 11 is 0. The van der Waals surface area contributed by atoms with E-state index < -0.39 is 0 Å². The van der Waals surface area contributed by atoms with Crippen LogP contribution in [0.15, 0.2) is 0 Å². The molecule has 0 aliphatic heterocycles. The molecule has 0 amide bonds. The van der Waals surface area contributed by atoms with Crippen molar-refractivity contribution in [1.29, 1.82) is 0 Å². The van der Waals surface area contributed by atoms with E-state index in [0.29, 0.717) is 10.8 Å². The van der Waals surface area contributed by atoms with E-state index in [1.54, 1.807) is 0 Å². The number of fused-ring (bicyclic) bond motifs is 5. The highest BCUT2D eigenvalue weighted by atomic mass is 16.3. The van der Waals surface area contributed by atoms with Crippen LogP contribution >= 0.6 is 0 Å². The number of hydrogen-bond acceptors (Lipinski definition) is 2. The molecule has 0 radical (unpaired) electrons. The first-order chi connectivity index (χ1) is 11.0. The number of nitrogens with one attached hydrogen (secondary N) is 1. The molecule has 23 heavy (non-hydrogen) atoms. The molecular weight excluding hydrogens is 282 g/mol. The van der Waals surface area contributed by atoms with Crippen molar-refractivity contribution in [3.8, 4) is 0 Å². The molecule has 0 saturated heterocycles. The molecule has 132 valence electrons. The number of rotatable bonds is 2. The summed E-state index contributed by atoms with van der Waals surface area (Å²) in [4.78, 5) is 0. The lowest BCUT2D eigenvalue weighted by atomic mass is 9.45. The third-order valence-electron chi connectivity index (χ3n) is 9.09. The molecule has 0 unspecified atom stereocenters. The fourth-order valence-corrected chi connectivity index (χ4v) is 7.82. The van der Waals surface area contributed by atoms with Gasteiger partial charge in [-0.2, -0.15) is 0 Å². The van der Waals surface area contributed by atoms with Crippen molar-refractivity contribution < 1.29 is 5.11 Å². The number of aliphatic hydroxyl groups excluding tert-OH is 1. The van der Waals surface area contributed by atoms with E-state index >= 15 is 0 Å². The first-order valence-electron chi connectivity index (χ1n) is 10.4. The molecule has 2 nitrogen and oxygen atoms in total. The van der Waals surface area contributed by atoms with Crippen LogP contribution in [0.25, 0.3) is 0 Å². The van der Waals surface area contributed by atoms with Gasteiger partial charge in [-0.05, 0) is 98.8 Å². The molecule has 4 aliphatic carbocycles. The second-order valence-electron chi connectivity index (χ2n) is 9.82. The molecule has 0 aromatic carbocycles. The van der Waals surface area contributed by atoms with Crippen LogP contribution in [0.3, 0.4) is 0 Å². The Hall–Kier alpha value is -0.0800. The predicted octanol–water partition coefficient (Wildman–Crippen LogP) is 4.37. The van der Waals surface area contributed by atoms with E-state index in [1.165, 1.54) is 44.9 Å². The summed E-state index contributed by atoms with van der Waals surface area (Å²) in [5, 5.41) is 14.0. The van der Waals surface area contributed by atoms with Gasteiger partial charge in [0.1, 0.15) is 0 Å². The molecule has 8 atom stereocenters. The Morgan fingerprint density at radius 2 is 1.65 bits per heavy atom. The topological polar surface area (TPSA) is 32.3 Å². The van der Waals surface area contributed by atoms with E-state index in [2.05, 4.69) is 26.1 Å². The summed E-state index contributed by atoms with van der Waals surface area (Å²) in [6.07, 6.45) is 12.0. The number of aliphatic hydroxyl groups is 1. The molecule has 0 aromatic heterocycles. The van der Waals surface area contributed by atoms with Crippen LogP contribution in [0.4, 0.5) is 0 Å². The Balaban J connectivity index is 1.58. The van der Waals surface area contributed by atoms with E-state index in [-0.39, 0.29) is 6.10 Å². The Bertz CT molecular complexity index is 451. The first-order valence-corrected chi connectivity index (χ1v) is 10.4. The van der Waals surface area contributed by atoms with Crippen LogP contribution in [0.5, 0.6) is 0 Å². The molecule has 4 aliphatic rings. The lowest BCUT2D eigenvalue weighted by Gasteiger charge is -2.61. The minimum Gasteiger partial charge on any atom is -0.393 e. The Kier molecular flexibility index (Phi) is 4.08. The Labute approximate surface area is 142 Å². The van der Waals surface area contributed by atoms with Crippen molar-refractivity contribution in [2.24, 2.45) is 34.5 Å². The number of hydrogen-bond donors (Lipinski definition) is 2. The minimum atomic E-state index is -0.0110. The van der Waals surface area contributed by atoms with Crippen molar-refractivity contribution in [2.75, 3.05) is 6.54 Å². The van der Waals surface area contributed by atoms with Crippen LogP contribution in [0.1, 0.15) is 78.6 Å². The average Bonchev–Trinajstić information content (AvgIpc) is 2.85. The van der Waals surface area contributed by atoms with Crippen LogP contribution in [0.2, 0.25) is 0 Å². The van der Waals surface area contributed by atoms with Gasteiger partial charge in [-0.1, -0.05) is 20.8 Å². The van der Waals surface area contributed by atoms with Gasteiger partial charge in [-0.3, -0.25) is 0 Å². The second kappa shape index (κ2) is 5.73. The molecule has 4 fully saturated rings. The molecule has 2 heteroatoms. The highest BCUT2D eigenvalue weighted by Crippen LogP contribution is 2.66. The van der Waals surface area contributed by atoms with Crippen molar-refractivity contribution >= 4 is 0 Å². The maximum absolute atomic E-state index is 10.1. The van der Waals surface area contributed by atoms with Crippen LogP contribution in [-0.4, -0.2) is 23.8 Å². The summed E-state index contributed by atoms with van der Waals surface area (Å²) in [5.41, 5.74) is 1.08. The Morgan fingerprint density at radius 3 is 2.43 bits per heavy atom. The molecular formula is C21H37NO. The van der Waals surface area contributed by atoms with Crippen molar-refractivity contribution in [3.63, 3.8) is 0 Å². The van der Waals surface area contributed by atoms with Crippen molar-refractivity contribution in [2.45, 2.75) is 90.7 Å². The predicted molar refractivity (Wildman–Crippen MR) is 95.2 cm³/mol.